The molecule has 0 unspecified atom stereocenters. The van der Waals surface area contributed by atoms with Crippen LogP contribution in [0.25, 0.3) is 0 Å². The first-order valence-electron chi connectivity index (χ1n) is 8.19. The van der Waals surface area contributed by atoms with Gasteiger partial charge in [0.2, 0.25) is 11.6 Å². The van der Waals surface area contributed by atoms with Crippen LogP contribution in [0.3, 0.4) is 0 Å². The SMILES string of the molecule is O=[N+]([O-])c1c(NCCN2CCOCC2)ncnc1Nc1ccc(I)cc1. The summed E-state index contributed by atoms with van der Waals surface area (Å²) in [5.41, 5.74) is 0.569. The second kappa shape index (κ2) is 9.05. The predicted octanol–water partition coefficient (Wildman–Crippen LogP) is 2.48. The zero-order valence-corrected chi connectivity index (χ0v) is 16.2. The van der Waals surface area contributed by atoms with Gasteiger partial charge in [0.25, 0.3) is 0 Å². The van der Waals surface area contributed by atoms with Crippen molar-refractivity contribution in [1.29, 1.82) is 0 Å². The molecule has 3 rings (SSSR count). The molecule has 0 aliphatic carbocycles. The van der Waals surface area contributed by atoms with E-state index in [0.29, 0.717) is 6.54 Å². The highest BCUT2D eigenvalue weighted by Crippen LogP contribution is 2.31. The van der Waals surface area contributed by atoms with E-state index in [2.05, 4.69) is 48.1 Å². The van der Waals surface area contributed by atoms with E-state index in [1.165, 1.54) is 6.33 Å². The summed E-state index contributed by atoms with van der Waals surface area (Å²) < 4.78 is 6.39. The molecule has 1 aromatic carbocycles. The van der Waals surface area contributed by atoms with Gasteiger partial charge in [-0.15, -0.1) is 0 Å². The van der Waals surface area contributed by atoms with Gasteiger partial charge in [-0.2, -0.15) is 0 Å². The first-order chi connectivity index (χ1) is 12.6. The molecule has 1 saturated heterocycles. The van der Waals surface area contributed by atoms with Crippen molar-refractivity contribution in [3.05, 3.63) is 44.3 Å². The standard InChI is InChI=1S/C16H19IN6O3/c17-12-1-3-13(4-2-12)21-16-14(23(24)25)15(19-11-20-16)18-5-6-22-7-9-26-10-8-22/h1-4,11H,5-10H2,(H2,18,19,20,21). The Kier molecular flexibility index (Phi) is 6.52. The van der Waals surface area contributed by atoms with Crippen LogP contribution in [-0.2, 0) is 4.74 Å². The predicted molar refractivity (Wildman–Crippen MR) is 107 cm³/mol. The molecule has 0 amide bonds. The van der Waals surface area contributed by atoms with Crippen LogP contribution in [0, 0.1) is 13.7 Å². The molecular weight excluding hydrogens is 451 g/mol. The van der Waals surface area contributed by atoms with Crippen LogP contribution in [0.15, 0.2) is 30.6 Å². The third kappa shape index (κ3) is 4.99. The minimum Gasteiger partial charge on any atom is -0.379 e. The number of rotatable bonds is 7. The van der Waals surface area contributed by atoms with Gasteiger partial charge in [-0.1, -0.05) is 0 Å². The molecule has 2 aromatic rings. The first kappa shape index (κ1) is 18.7. The number of nitrogens with one attached hydrogen (secondary N) is 2. The maximum absolute atomic E-state index is 11.6. The van der Waals surface area contributed by atoms with Crippen LogP contribution in [-0.4, -0.2) is 59.2 Å². The molecule has 1 aliphatic rings. The largest absolute Gasteiger partial charge is 0.379 e. The van der Waals surface area contributed by atoms with Gasteiger partial charge in [0.05, 0.1) is 18.1 Å². The molecule has 1 aromatic heterocycles. The smallest absolute Gasteiger partial charge is 0.353 e. The van der Waals surface area contributed by atoms with E-state index in [1.807, 2.05) is 24.3 Å². The highest BCUT2D eigenvalue weighted by atomic mass is 127. The molecule has 0 atom stereocenters. The van der Waals surface area contributed by atoms with Crippen molar-refractivity contribution in [2.24, 2.45) is 0 Å². The summed E-state index contributed by atoms with van der Waals surface area (Å²) in [6.45, 7) is 4.50. The minimum absolute atomic E-state index is 0.159. The number of benzene rings is 1. The molecule has 0 radical (unpaired) electrons. The van der Waals surface area contributed by atoms with E-state index in [4.69, 9.17) is 4.74 Å². The molecule has 1 aliphatic heterocycles. The monoisotopic (exact) mass is 470 g/mol. The highest BCUT2D eigenvalue weighted by molar-refractivity contribution is 14.1. The first-order valence-corrected chi connectivity index (χ1v) is 9.27. The Balaban J connectivity index is 1.70. The maximum atomic E-state index is 11.6. The number of nitro groups is 1. The second-order valence-electron chi connectivity index (χ2n) is 5.69. The summed E-state index contributed by atoms with van der Waals surface area (Å²) in [6.07, 6.45) is 1.32. The van der Waals surface area contributed by atoms with Crippen LogP contribution < -0.4 is 10.6 Å². The maximum Gasteiger partial charge on any atom is 0.353 e. The zero-order chi connectivity index (χ0) is 18.4. The highest BCUT2D eigenvalue weighted by Gasteiger charge is 2.23. The average Bonchev–Trinajstić information content (AvgIpc) is 2.64. The van der Waals surface area contributed by atoms with Gasteiger partial charge in [-0.25, -0.2) is 9.97 Å². The summed E-state index contributed by atoms with van der Waals surface area (Å²) in [4.78, 5) is 21.4. The van der Waals surface area contributed by atoms with Crippen LogP contribution in [0.2, 0.25) is 0 Å². The summed E-state index contributed by atoms with van der Waals surface area (Å²) in [7, 11) is 0. The van der Waals surface area contributed by atoms with Gasteiger partial charge in [0.15, 0.2) is 0 Å². The molecule has 26 heavy (non-hydrogen) atoms. The van der Waals surface area contributed by atoms with Gasteiger partial charge in [-0.3, -0.25) is 15.0 Å². The molecule has 1 fully saturated rings. The van der Waals surface area contributed by atoms with Crippen LogP contribution in [0.5, 0.6) is 0 Å². The van der Waals surface area contributed by atoms with Crippen molar-refractivity contribution < 1.29 is 9.66 Å². The van der Waals surface area contributed by atoms with Crippen molar-refractivity contribution in [3.8, 4) is 0 Å². The normalized spacial score (nSPS) is 14.8. The molecule has 0 bridgehead atoms. The summed E-state index contributed by atoms with van der Waals surface area (Å²) in [6, 6.07) is 7.52. The number of hydrogen-bond acceptors (Lipinski definition) is 8. The lowest BCUT2D eigenvalue weighted by atomic mass is 10.3. The molecule has 138 valence electrons. The lowest BCUT2D eigenvalue weighted by Gasteiger charge is -2.26. The number of ether oxygens (including phenoxy) is 1. The Morgan fingerprint density at radius 3 is 2.58 bits per heavy atom. The number of nitrogens with zero attached hydrogens (tertiary/aromatic N) is 4. The Hall–Kier alpha value is -2.05. The Morgan fingerprint density at radius 2 is 1.88 bits per heavy atom. The van der Waals surface area contributed by atoms with Crippen LogP contribution in [0.1, 0.15) is 0 Å². The van der Waals surface area contributed by atoms with E-state index >= 15 is 0 Å². The molecular formula is C16H19IN6O3. The van der Waals surface area contributed by atoms with E-state index in [1.54, 1.807) is 0 Å². The van der Waals surface area contributed by atoms with Gasteiger partial charge in [0, 0.05) is 35.4 Å². The third-order valence-electron chi connectivity index (χ3n) is 3.94. The Bertz CT molecular complexity index is 752. The van der Waals surface area contributed by atoms with E-state index in [9.17, 15) is 10.1 Å². The van der Waals surface area contributed by atoms with E-state index in [0.717, 1.165) is 42.1 Å². The van der Waals surface area contributed by atoms with E-state index < -0.39 is 4.92 Å². The summed E-state index contributed by atoms with van der Waals surface area (Å²) in [5.74, 6) is 0.381. The number of aromatic nitrogens is 2. The molecule has 2 N–H and O–H groups in total. The van der Waals surface area contributed by atoms with Gasteiger partial charge < -0.3 is 15.4 Å². The topological polar surface area (TPSA) is 105 Å². The zero-order valence-electron chi connectivity index (χ0n) is 14.0. The van der Waals surface area contributed by atoms with Crippen molar-refractivity contribution in [2.45, 2.75) is 0 Å². The number of halogens is 1. The fourth-order valence-electron chi connectivity index (χ4n) is 2.60. The summed E-state index contributed by atoms with van der Waals surface area (Å²) >= 11 is 2.20. The fourth-order valence-corrected chi connectivity index (χ4v) is 2.96. The molecule has 9 nitrogen and oxygen atoms in total. The lowest BCUT2D eigenvalue weighted by Crippen LogP contribution is -2.39. The second-order valence-corrected chi connectivity index (χ2v) is 6.93. The fraction of sp³-hybridized carbons (Fsp3) is 0.375. The van der Waals surface area contributed by atoms with Gasteiger partial charge >= 0.3 is 5.69 Å². The molecule has 10 heteroatoms. The van der Waals surface area contributed by atoms with Crippen molar-refractivity contribution in [1.82, 2.24) is 14.9 Å². The number of morpholine rings is 1. The van der Waals surface area contributed by atoms with Crippen LogP contribution in [0.4, 0.5) is 23.0 Å². The summed E-state index contributed by atoms with van der Waals surface area (Å²) in [5, 5.41) is 17.6. The Morgan fingerprint density at radius 1 is 1.19 bits per heavy atom. The van der Waals surface area contributed by atoms with Crippen molar-refractivity contribution >= 4 is 45.6 Å². The molecule has 2 heterocycles. The minimum atomic E-state index is -0.466. The Labute approximate surface area is 164 Å². The van der Waals surface area contributed by atoms with Crippen molar-refractivity contribution in [2.75, 3.05) is 50.0 Å². The van der Waals surface area contributed by atoms with Crippen molar-refractivity contribution in [3.63, 3.8) is 0 Å². The van der Waals surface area contributed by atoms with Gasteiger partial charge in [-0.05, 0) is 46.9 Å². The number of hydrogen-bond donors (Lipinski definition) is 2. The molecule has 0 saturated carbocycles. The van der Waals surface area contributed by atoms with E-state index in [-0.39, 0.29) is 17.3 Å². The van der Waals surface area contributed by atoms with Crippen LogP contribution >= 0.6 is 22.6 Å². The lowest BCUT2D eigenvalue weighted by molar-refractivity contribution is -0.383. The third-order valence-corrected chi connectivity index (χ3v) is 4.66. The van der Waals surface area contributed by atoms with Gasteiger partial charge in [0.1, 0.15) is 6.33 Å². The number of anilines is 3. The average molecular weight is 470 g/mol. The molecule has 0 spiro atoms. The quantitative estimate of drug-likeness (QED) is 0.362.